The number of nitrogens with one attached hydrogen (secondary N) is 2. The highest BCUT2D eigenvalue weighted by atomic mass is 16.6. The molecule has 1 aliphatic carbocycles. The van der Waals surface area contributed by atoms with Crippen molar-refractivity contribution in [1.29, 1.82) is 0 Å². The number of benzene rings is 1. The van der Waals surface area contributed by atoms with Crippen molar-refractivity contribution < 1.29 is 19.6 Å². The summed E-state index contributed by atoms with van der Waals surface area (Å²) in [7, 11) is 0. The molecule has 0 saturated heterocycles. The van der Waals surface area contributed by atoms with Crippen LogP contribution in [-0.4, -0.2) is 34.0 Å². The second kappa shape index (κ2) is 6.52. The number of carbonyl (C=O) groups is 2. The van der Waals surface area contributed by atoms with Crippen LogP contribution in [0.4, 0.5) is 11.4 Å². The van der Waals surface area contributed by atoms with E-state index in [1.165, 1.54) is 24.3 Å². The number of amides is 2. The van der Waals surface area contributed by atoms with Gasteiger partial charge >= 0.3 is 11.8 Å². The summed E-state index contributed by atoms with van der Waals surface area (Å²) >= 11 is 0. The number of anilines is 1. The summed E-state index contributed by atoms with van der Waals surface area (Å²) in [5.74, 6) is -1.94. The molecule has 1 aromatic rings. The SMILES string of the molecule is O=C(NCC1(O)CCCC1)C(=O)Nc1ccccc1[N+](=O)[O-]. The molecule has 0 unspecified atom stereocenters. The number of rotatable bonds is 4. The van der Waals surface area contributed by atoms with Gasteiger partial charge in [0.1, 0.15) is 5.69 Å². The molecule has 2 rings (SSSR count). The fraction of sp³-hybridized carbons (Fsp3) is 0.429. The molecule has 8 heteroatoms. The Morgan fingerprint density at radius 2 is 1.86 bits per heavy atom. The van der Waals surface area contributed by atoms with Gasteiger partial charge in [0.25, 0.3) is 5.69 Å². The van der Waals surface area contributed by atoms with Crippen LogP contribution in [0.5, 0.6) is 0 Å². The molecule has 1 aromatic carbocycles. The van der Waals surface area contributed by atoms with Crippen molar-refractivity contribution in [2.45, 2.75) is 31.3 Å². The van der Waals surface area contributed by atoms with Crippen molar-refractivity contribution >= 4 is 23.2 Å². The first-order chi connectivity index (χ1) is 10.4. The van der Waals surface area contributed by atoms with Crippen molar-refractivity contribution in [2.75, 3.05) is 11.9 Å². The highest BCUT2D eigenvalue weighted by Crippen LogP contribution is 2.28. The fourth-order valence-electron chi connectivity index (χ4n) is 2.45. The molecule has 118 valence electrons. The smallest absolute Gasteiger partial charge is 0.313 e. The molecule has 2 amide bonds. The van der Waals surface area contributed by atoms with Gasteiger partial charge in [-0.3, -0.25) is 19.7 Å². The molecular formula is C14H17N3O5. The van der Waals surface area contributed by atoms with E-state index in [9.17, 15) is 24.8 Å². The lowest BCUT2D eigenvalue weighted by Gasteiger charge is -2.21. The number of para-hydroxylation sites is 2. The number of nitro groups is 1. The molecule has 0 heterocycles. The van der Waals surface area contributed by atoms with E-state index in [0.29, 0.717) is 12.8 Å². The maximum Gasteiger partial charge on any atom is 0.313 e. The van der Waals surface area contributed by atoms with Crippen molar-refractivity contribution in [3.63, 3.8) is 0 Å². The maximum absolute atomic E-state index is 11.8. The molecule has 22 heavy (non-hydrogen) atoms. The molecule has 1 saturated carbocycles. The number of carbonyl (C=O) groups excluding carboxylic acids is 2. The third-order valence-electron chi connectivity index (χ3n) is 3.67. The number of hydrogen-bond donors (Lipinski definition) is 3. The average molecular weight is 307 g/mol. The third-order valence-corrected chi connectivity index (χ3v) is 3.67. The molecule has 0 atom stereocenters. The Bertz CT molecular complexity index is 596. The minimum atomic E-state index is -1.00. The van der Waals surface area contributed by atoms with E-state index in [4.69, 9.17) is 0 Å². The van der Waals surface area contributed by atoms with Crippen LogP contribution < -0.4 is 10.6 Å². The monoisotopic (exact) mass is 307 g/mol. The van der Waals surface area contributed by atoms with Gasteiger partial charge in [0.05, 0.1) is 10.5 Å². The summed E-state index contributed by atoms with van der Waals surface area (Å²) in [6.07, 6.45) is 2.93. The van der Waals surface area contributed by atoms with Gasteiger partial charge in [0.15, 0.2) is 0 Å². The Kier molecular flexibility index (Phi) is 4.71. The standard InChI is InChI=1S/C14H17N3O5/c18-12(15-9-14(20)7-3-4-8-14)13(19)16-10-5-1-2-6-11(10)17(21)22/h1-2,5-6,20H,3-4,7-9H2,(H,15,18)(H,16,19). The predicted octanol–water partition coefficient (Wildman–Crippen LogP) is 0.955. The Morgan fingerprint density at radius 1 is 1.23 bits per heavy atom. The van der Waals surface area contributed by atoms with Crippen LogP contribution in [0.3, 0.4) is 0 Å². The summed E-state index contributed by atoms with van der Waals surface area (Å²) in [6, 6.07) is 5.55. The van der Waals surface area contributed by atoms with E-state index in [-0.39, 0.29) is 17.9 Å². The zero-order valence-corrected chi connectivity index (χ0v) is 11.9. The molecule has 0 aliphatic heterocycles. The van der Waals surface area contributed by atoms with Crippen molar-refractivity contribution in [2.24, 2.45) is 0 Å². The molecule has 0 spiro atoms. The van der Waals surface area contributed by atoms with Crippen LogP contribution >= 0.6 is 0 Å². The van der Waals surface area contributed by atoms with Crippen LogP contribution in [0, 0.1) is 10.1 Å². The number of hydrogen-bond acceptors (Lipinski definition) is 5. The summed E-state index contributed by atoms with van der Waals surface area (Å²) in [5.41, 5.74) is -1.31. The van der Waals surface area contributed by atoms with E-state index >= 15 is 0 Å². The topological polar surface area (TPSA) is 122 Å². The van der Waals surface area contributed by atoms with Crippen LogP contribution in [0.1, 0.15) is 25.7 Å². The zero-order chi connectivity index (χ0) is 16.2. The lowest BCUT2D eigenvalue weighted by atomic mass is 10.0. The Morgan fingerprint density at radius 3 is 2.50 bits per heavy atom. The van der Waals surface area contributed by atoms with Crippen molar-refractivity contribution in [3.8, 4) is 0 Å². The van der Waals surface area contributed by atoms with Crippen LogP contribution in [0.2, 0.25) is 0 Å². The van der Waals surface area contributed by atoms with Crippen LogP contribution in [-0.2, 0) is 9.59 Å². The normalized spacial score (nSPS) is 16.0. The van der Waals surface area contributed by atoms with Gasteiger partial charge < -0.3 is 15.7 Å². The third kappa shape index (κ3) is 3.79. The van der Waals surface area contributed by atoms with E-state index in [2.05, 4.69) is 10.6 Å². The first kappa shape index (κ1) is 15.9. The maximum atomic E-state index is 11.8. The quantitative estimate of drug-likeness (QED) is 0.434. The molecule has 0 bridgehead atoms. The first-order valence-electron chi connectivity index (χ1n) is 6.96. The molecule has 0 radical (unpaired) electrons. The summed E-state index contributed by atoms with van der Waals surface area (Å²) in [6.45, 7) is -0.00383. The van der Waals surface area contributed by atoms with E-state index < -0.39 is 22.3 Å². The first-order valence-corrected chi connectivity index (χ1v) is 6.96. The zero-order valence-electron chi connectivity index (χ0n) is 11.9. The number of nitrogens with zero attached hydrogens (tertiary/aromatic N) is 1. The molecule has 3 N–H and O–H groups in total. The van der Waals surface area contributed by atoms with Gasteiger partial charge in [-0.1, -0.05) is 25.0 Å². The molecule has 1 aliphatic rings. The van der Waals surface area contributed by atoms with E-state index in [0.717, 1.165) is 12.8 Å². The largest absolute Gasteiger partial charge is 0.388 e. The highest BCUT2D eigenvalue weighted by molar-refractivity contribution is 6.39. The molecule has 1 fully saturated rings. The lowest BCUT2D eigenvalue weighted by molar-refractivity contribution is -0.383. The summed E-state index contributed by atoms with van der Waals surface area (Å²) in [4.78, 5) is 33.7. The molecular weight excluding hydrogens is 290 g/mol. The summed E-state index contributed by atoms with van der Waals surface area (Å²) in [5, 5.41) is 25.5. The Balaban J connectivity index is 1.94. The van der Waals surface area contributed by atoms with E-state index in [1.54, 1.807) is 0 Å². The second-order valence-electron chi connectivity index (χ2n) is 5.34. The van der Waals surface area contributed by atoms with Gasteiger partial charge in [0, 0.05) is 12.6 Å². The second-order valence-corrected chi connectivity index (χ2v) is 5.34. The number of aliphatic hydroxyl groups is 1. The fourth-order valence-corrected chi connectivity index (χ4v) is 2.45. The van der Waals surface area contributed by atoms with Gasteiger partial charge in [-0.2, -0.15) is 0 Å². The van der Waals surface area contributed by atoms with E-state index in [1.807, 2.05) is 0 Å². The van der Waals surface area contributed by atoms with Crippen LogP contribution in [0.15, 0.2) is 24.3 Å². The van der Waals surface area contributed by atoms with Gasteiger partial charge in [-0.15, -0.1) is 0 Å². The minimum absolute atomic E-state index is 0.00383. The predicted molar refractivity (Wildman–Crippen MR) is 78.2 cm³/mol. The van der Waals surface area contributed by atoms with Gasteiger partial charge in [-0.25, -0.2) is 0 Å². The Hall–Kier alpha value is -2.48. The Labute approximate surface area is 126 Å². The van der Waals surface area contributed by atoms with Gasteiger partial charge in [0.2, 0.25) is 0 Å². The molecule has 0 aromatic heterocycles. The molecule has 8 nitrogen and oxygen atoms in total. The summed E-state index contributed by atoms with van der Waals surface area (Å²) < 4.78 is 0. The van der Waals surface area contributed by atoms with Gasteiger partial charge in [-0.05, 0) is 18.9 Å². The van der Waals surface area contributed by atoms with Crippen LogP contribution in [0.25, 0.3) is 0 Å². The minimum Gasteiger partial charge on any atom is -0.388 e. The van der Waals surface area contributed by atoms with Crippen molar-refractivity contribution in [1.82, 2.24) is 5.32 Å². The number of nitro benzene ring substituents is 1. The highest BCUT2D eigenvalue weighted by Gasteiger charge is 2.32. The lowest BCUT2D eigenvalue weighted by Crippen LogP contribution is -2.44. The average Bonchev–Trinajstić information content (AvgIpc) is 2.92. The van der Waals surface area contributed by atoms with Crippen molar-refractivity contribution in [3.05, 3.63) is 34.4 Å².